The van der Waals surface area contributed by atoms with Crippen LogP contribution in [0.1, 0.15) is 5.69 Å². The minimum absolute atomic E-state index is 0.129. The lowest BCUT2D eigenvalue weighted by molar-refractivity contribution is -0.130. The molecular weight excluding hydrogens is 220 g/mol. The summed E-state index contributed by atoms with van der Waals surface area (Å²) in [5, 5.41) is 3.82. The Labute approximate surface area is 98.3 Å². The van der Waals surface area contributed by atoms with Crippen molar-refractivity contribution in [3.8, 4) is 11.3 Å². The molecule has 0 aliphatic heterocycles. The van der Waals surface area contributed by atoms with Crippen molar-refractivity contribution in [2.24, 2.45) is 0 Å². The van der Waals surface area contributed by atoms with Gasteiger partial charge in [-0.25, -0.2) is 5.48 Å². The number of rotatable bonds is 4. The van der Waals surface area contributed by atoms with E-state index >= 15 is 0 Å². The number of aromatic nitrogens is 1. The van der Waals surface area contributed by atoms with E-state index in [9.17, 15) is 4.79 Å². The molecule has 0 fully saturated rings. The van der Waals surface area contributed by atoms with E-state index in [-0.39, 0.29) is 12.3 Å². The first kappa shape index (κ1) is 11.3. The molecule has 0 saturated heterocycles. The maximum absolute atomic E-state index is 11.2. The average molecular weight is 232 g/mol. The van der Waals surface area contributed by atoms with Crippen LogP contribution < -0.4 is 5.48 Å². The largest absolute Gasteiger partial charge is 0.356 e. The number of carbonyl (C=O) groups is 1. The summed E-state index contributed by atoms with van der Waals surface area (Å²) in [7, 11) is 1.39. The zero-order valence-corrected chi connectivity index (χ0v) is 9.34. The van der Waals surface area contributed by atoms with Crippen LogP contribution in [0.5, 0.6) is 0 Å². The predicted octanol–water partition coefficient (Wildman–Crippen LogP) is 1.56. The highest BCUT2D eigenvalue weighted by molar-refractivity contribution is 5.77. The first-order chi connectivity index (χ1) is 8.29. The molecule has 0 aliphatic carbocycles. The Morgan fingerprint density at radius 1 is 1.41 bits per heavy atom. The SMILES string of the molecule is CONC(=O)Cc1cc(-c2ccccc2)on1. The number of hydrogen-bond donors (Lipinski definition) is 1. The Morgan fingerprint density at radius 2 is 2.18 bits per heavy atom. The van der Waals surface area contributed by atoms with Crippen LogP contribution in [0.2, 0.25) is 0 Å². The van der Waals surface area contributed by atoms with Gasteiger partial charge in [0.2, 0.25) is 5.91 Å². The molecule has 0 spiro atoms. The highest BCUT2D eigenvalue weighted by Gasteiger charge is 2.09. The van der Waals surface area contributed by atoms with Crippen molar-refractivity contribution < 1.29 is 14.2 Å². The smallest absolute Gasteiger partial charge is 0.249 e. The molecule has 0 aliphatic rings. The third kappa shape index (κ3) is 2.92. The van der Waals surface area contributed by atoms with Crippen LogP contribution in [-0.2, 0) is 16.1 Å². The molecule has 17 heavy (non-hydrogen) atoms. The topological polar surface area (TPSA) is 64.4 Å². The van der Waals surface area contributed by atoms with Crippen LogP contribution in [0.25, 0.3) is 11.3 Å². The Morgan fingerprint density at radius 3 is 2.88 bits per heavy atom. The molecular formula is C12H12N2O3. The van der Waals surface area contributed by atoms with Gasteiger partial charge >= 0.3 is 0 Å². The molecule has 1 N–H and O–H groups in total. The van der Waals surface area contributed by atoms with Gasteiger partial charge in [-0.1, -0.05) is 35.5 Å². The number of amides is 1. The average Bonchev–Trinajstić information content (AvgIpc) is 2.79. The summed E-state index contributed by atoms with van der Waals surface area (Å²) in [6.45, 7) is 0. The Hall–Kier alpha value is -2.14. The van der Waals surface area contributed by atoms with E-state index in [1.54, 1.807) is 6.07 Å². The standard InChI is InChI=1S/C12H12N2O3/c1-16-14-12(15)8-10-7-11(17-13-10)9-5-3-2-4-6-9/h2-7H,8H2,1H3,(H,14,15). The molecule has 0 atom stereocenters. The molecule has 5 nitrogen and oxygen atoms in total. The molecule has 0 unspecified atom stereocenters. The van der Waals surface area contributed by atoms with Crippen LogP contribution in [0, 0.1) is 0 Å². The molecule has 0 radical (unpaired) electrons. The molecule has 5 heteroatoms. The summed E-state index contributed by atoms with van der Waals surface area (Å²) < 4.78 is 5.16. The first-order valence-corrected chi connectivity index (χ1v) is 5.12. The summed E-state index contributed by atoms with van der Waals surface area (Å²) in [5.41, 5.74) is 3.72. The highest BCUT2D eigenvalue weighted by Crippen LogP contribution is 2.19. The van der Waals surface area contributed by atoms with Crippen molar-refractivity contribution in [2.45, 2.75) is 6.42 Å². The summed E-state index contributed by atoms with van der Waals surface area (Å²) >= 11 is 0. The van der Waals surface area contributed by atoms with E-state index < -0.39 is 0 Å². The zero-order valence-electron chi connectivity index (χ0n) is 9.34. The van der Waals surface area contributed by atoms with Gasteiger partial charge in [-0.3, -0.25) is 9.63 Å². The number of carbonyl (C=O) groups excluding carboxylic acids is 1. The van der Waals surface area contributed by atoms with E-state index in [0.717, 1.165) is 5.56 Å². The number of nitrogens with zero attached hydrogens (tertiary/aromatic N) is 1. The molecule has 0 saturated carbocycles. The zero-order chi connectivity index (χ0) is 12.1. The van der Waals surface area contributed by atoms with Crippen LogP contribution in [0.15, 0.2) is 40.9 Å². The number of hydrogen-bond acceptors (Lipinski definition) is 4. The van der Waals surface area contributed by atoms with Gasteiger partial charge in [-0.2, -0.15) is 0 Å². The lowest BCUT2D eigenvalue weighted by Gasteiger charge is -1.97. The van der Waals surface area contributed by atoms with Crippen molar-refractivity contribution in [1.29, 1.82) is 0 Å². The van der Waals surface area contributed by atoms with E-state index in [2.05, 4.69) is 15.5 Å². The minimum Gasteiger partial charge on any atom is -0.356 e. The van der Waals surface area contributed by atoms with Gasteiger partial charge < -0.3 is 4.52 Å². The van der Waals surface area contributed by atoms with Gasteiger partial charge in [0.25, 0.3) is 0 Å². The summed E-state index contributed by atoms with van der Waals surface area (Å²) in [4.78, 5) is 15.7. The molecule has 1 amide bonds. The molecule has 88 valence electrons. The molecule has 2 rings (SSSR count). The number of nitrogens with one attached hydrogen (secondary N) is 1. The van der Waals surface area contributed by atoms with Crippen molar-refractivity contribution in [2.75, 3.05) is 7.11 Å². The number of hydroxylamine groups is 1. The molecule has 1 heterocycles. The normalized spacial score (nSPS) is 10.2. The second-order valence-electron chi connectivity index (χ2n) is 3.45. The second kappa shape index (κ2) is 5.27. The second-order valence-corrected chi connectivity index (χ2v) is 3.45. The third-order valence-corrected chi connectivity index (χ3v) is 2.17. The first-order valence-electron chi connectivity index (χ1n) is 5.12. The van der Waals surface area contributed by atoms with Crippen molar-refractivity contribution in [3.05, 3.63) is 42.1 Å². The van der Waals surface area contributed by atoms with E-state index in [1.165, 1.54) is 7.11 Å². The monoisotopic (exact) mass is 232 g/mol. The highest BCUT2D eigenvalue weighted by atomic mass is 16.6. The Kier molecular flexibility index (Phi) is 3.52. The Bertz CT molecular complexity index is 493. The third-order valence-electron chi connectivity index (χ3n) is 2.17. The van der Waals surface area contributed by atoms with Crippen molar-refractivity contribution >= 4 is 5.91 Å². The Balaban J connectivity index is 2.09. The maximum atomic E-state index is 11.2. The fourth-order valence-corrected chi connectivity index (χ4v) is 1.45. The van der Waals surface area contributed by atoms with Crippen molar-refractivity contribution in [1.82, 2.24) is 10.6 Å². The quantitative estimate of drug-likeness (QED) is 0.812. The van der Waals surface area contributed by atoms with Crippen LogP contribution in [-0.4, -0.2) is 18.2 Å². The van der Waals surface area contributed by atoms with Gasteiger partial charge in [-0.05, 0) is 0 Å². The molecule has 1 aromatic carbocycles. The fraction of sp³-hybridized carbons (Fsp3) is 0.167. The van der Waals surface area contributed by atoms with E-state index in [1.807, 2.05) is 30.3 Å². The predicted molar refractivity (Wildman–Crippen MR) is 60.8 cm³/mol. The van der Waals surface area contributed by atoms with Gasteiger partial charge in [0, 0.05) is 11.6 Å². The summed E-state index contributed by atoms with van der Waals surface area (Å²) in [6.07, 6.45) is 0.129. The van der Waals surface area contributed by atoms with Gasteiger partial charge in [-0.15, -0.1) is 0 Å². The van der Waals surface area contributed by atoms with Crippen LogP contribution in [0.3, 0.4) is 0 Å². The molecule has 2 aromatic rings. The van der Waals surface area contributed by atoms with Crippen LogP contribution >= 0.6 is 0 Å². The van der Waals surface area contributed by atoms with E-state index in [4.69, 9.17) is 4.52 Å². The van der Waals surface area contributed by atoms with Crippen LogP contribution in [0.4, 0.5) is 0 Å². The number of benzene rings is 1. The summed E-state index contributed by atoms with van der Waals surface area (Å²) in [6, 6.07) is 11.3. The lowest BCUT2D eigenvalue weighted by atomic mass is 10.1. The maximum Gasteiger partial charge on any atom is 0.249 e. The minimum atomic E-state index is -0.264. The van der Waals surface area contributed by atoms with Gasteiger partial charge in [0.05, 0.1) is 19.2 Å². The van der Waals surface area contributed by atoms with Crippen molar-refractivity contribution in [3.63, 3.8) is 0 Å². The van der Waals surface area contributed by atoms with E-state index in [0.29, 0.717) is 11.5 Å². The lowest BCUT2D eigenvalue weighted by Crippen LogP contribution is -2.23. The van der Waals surface area contributed by atoms with Gasteiger partial charge in [0.15, 0.2) is 5.76 Å². The molecule has 0 bridgehead atoms. The van der Waals surface area contributed by atoms with Gasteiger partial charge in [0.1, 0.15) is 0 Å². The fourth-order valence-electron chi connectivity index (χ4n) is 1.45. The molecule has 1 aromatic heterocycles. The summed E-state index contributed by atoms with van der Waals surface area (Å²) in [5.74, 6) is 0.381.